The van der Waals surface area contributed by atoms with Crippen LogP contribution in [-0.4, -0.2) is 58.5 Å². The lowest BCUT2D eigenvalue weighted by Gasteiger charge is -2.18. The molecule has 2 atom stereocenters. The molecular weight excluding hydrogens is 525 g/mol. The molecular formula is C27H32FN5O7. The zero-order chi connectivity index (χ0) is 29.8. The molecule has 0 radical (unpaired) electrons. The van der Waals surface area contributed by atoms with E-state index in [1.165, 1.54) is 36.2 Å². The van der Waals surface area contributed by atoms with Gasteiger partial charge in [-0.1, -0.05) is 26.8 Å². The summed E-state index contributed by atoms with van der Waals surface area (Å²) in [5.41, 5.74) is -0.808. The molecule has 3 rings (SSSR count). The highest BCUT2D eigenvalue weighted by molar-refractivity contribution is 5.97. The van der Waals surface area contributed by atoms with Crippen molar-refractivity contribution in [3.63, 3.8) is 0 Å². The molecule has 13 heteroatoms. The first kappa shape index (κ1) is 30.0. The number of H-pyrrole nitrogens is 1. The summed E-state index contributed by atoms with van der Waals surface area (Å²) >= 11 is 0. The second-order valence-electron chi connectivity index (χ2n) is 10.2. The van der Waals surface area contributed by atoms with Crippen molar-refractivity contribution in [3.8, 4) is 0 Å². The van der Waals surface area contributed by atoms with Gasteiger partial charge >= 0.3 is 11.9 Å². The molecule has 0 spiro atoms. The van der Waals surface area contributed by atoms with E-state index in [2.05, 4.69) is 30.1 Å². The third-order valence-electron chi connectivity index (χ3n) is 6.29. The number of carbonyl (C=O) groups is 4. The summed E-state index contributed by atoms with van der Waals surface area (Å²) < 4.78 is 25.7. The molecule has 0 fully saturated rings. The molecule has 0 saturated heterocycles. The number of hydrogen-bond donors (Lipinski definition) is 3. The number of aromatic amines is 1. The Kier molecular flexibility index (Phi) is 9.07. The van der Waals surface area contributed by atoms with E-state index in [0.29, 0.717) is 5.82 Å². The summed E-state index contributed by atoms with van der Waals surface area (Å²) in [5, 5.41) is 5.36. The molecule has 0 aliphatic carbocycles. The average molecular weight is 558 g/mol. The molecule has 40 heavy (non-hydrogen) atoms. The third kappa shape index (κ3) is 6.71. The van der Waals surface area contributed by atoms with Crippen LogP contribution in [0.4, 0.5) is 10.2 Å². The summed E-state index contributed by atoms with van der Waals surface area (Å²) in [6.45, 7) is 6.86. The SMILES string of the molecule is COC(=O)CC[C@H](NC(=O)c1ccc(C(C)n2cnc3[nH]c(NC(=O)C(C)(C)C)cc3c2=O)c(F)c1)C(=O)OC. The Morgan fingerprint density at radius 2 is 1.82 bits per heavy atom. The lowest BCUT2D eigenvalue weighted by atomic mass is 9.96. The van der Waals surface area contributed by atoms with Gasteiger partial charge in [-0.3, -0.25) is 23.7 Å². The number of halogens is 1. The first-order valence-corrected chi connectivity index (χ1v) is 12.4. The normalized spacial score (nSPS) is 12.9. The quantitative estimate of drug-likeness (QED) is 0.338. The lowest BCUT2D eigenvalue weighted by molar-refractivity contribution is -0.144. The number of benzene rings is 1. The summed E-state index contributed by atoms with van der Waals surface area (Å²) in [6, 6.07) is 3.23. The standard InChI is InChI=1S/C27H32FN5O7/c1-14(33-13-29-22-17(24(33)36)12-20(31-22)32-26(38)27(2,3)4)16-8-7-15(11-18(16)28)23(35)30-19(25(37)40-6)9-10-21(34)39-5/h7-8,11-14,19,31H,9-10H2,1-6H3,(H,30,35)(H,32,38)/t14?,19-/m0/s1. The molecule has 1 aromatic carbocycles. The first-order valence-electron chi connectivity index (χ1n) is 12.4. The van der Waals surface area contributed by atoms with Gasteiger partial charge in [0.15, 0.2) is 0 Å². The molecule has 214 valence electrons. The third-order valence-corrected chi connectivity index (χ3v) is 6.29. The number of esters is 2. The maximum Gasteiger partial charge on any atom is 0.328 e. The van der Waals surface area contributed by atoms with Crippen molar-refractivity contribution in [1.82, 2.24) is 19.9 Å². The van der Waals surface area contributed by atoms with Crippen molar-refractivity contribution < 1.29 is 33.0 Å². The van der Waals surface area contributed by atoms with Gasteiger partial charge < -0.3 is 25.1 Å². The molecule has 12 nitrogen and oxygen atoms in total. The van der Waals surface area contributed by atoms with E-state index in [-0.39, 0.29) is 40.9 Å². The highest BCUT2D eigenvalue weighted by Gasteiger charge is 2.25. The van der Waals surface area contributed by atoms with Crippen LogP contribution in [-0.2, 0) is 23.9 Å². The van der Waals surface area contributed by atoms with Gasteiger partial charge in [-0.05, 0) is 31.5 Å². The van der Waals surface area contributed by atoms with E-state index in [1.807, 2.05) is 0 Å². The van der Waals surface area contributed by atoms with Gasteiger partial charge in [0.2, 0.25) is 5.91 Å². The highest BCUT2D eigenvalue weighted by atomic mass is 19.1. The fraction of sp³-hybridized carbons (Fsp3) is 0.407. The number of aromatic nitrogens is 3. The molecule has 0 bridgehead atoms. The van der Waals surface area contributed by atoms with E-state index >= 15 is 4.39 Å². The second kappa shape index (κ2) is 12.1. The summed E-state index contributed by atoms with van der Waals surface area (Å²) in [6.07, 6.45) is 1.06. The van der Waals surface area contributed by atoms with E-state index in [9.17, 15) is 24.0 Å². The monoisotopic (exact) mass is 557 g/mol. The van der Waals surface area contributed by atoms with Crippen molar-refractivity contribution >= 4 is 40.6 Å². The Balaban J connectivity index is 1.82. The van der Waals surface area contributed by atoms with Crippen molar-refractivity contribution in [2.75, 3.05) is 19.5 Å². The smallest absolute Gasteiger partial charge is 0.328 e. The van der Waals surface area contributed by atoms with Crippen LogP contribution >= 0.6 is 0 Å². The molecule has 0 aliphatic heterocycles. The highest BCUT2D eigenvalue weighted by Crippen LogP contribution is 2.23. The largest absolute Gasteiger partial charge is 0.469 e. The van der Waals surface area contributed by atoms with Gasteiger partial charge in [-0.15, -0.1) is 0 Å². The molecule has 1 unspecified atom stereocenters. The number of fused-ring (bicyclic) bond motifs is 1. The van der Waals surface area contributed by atoms with Crippen molar-refractivity contribution in [2.45, 2.75) is 52.6 Å². The lowest BCUT2D eigenvalue weighted by Crippen LogP contribution is -2.42. The summed E-state index contributed by atoms with van der Waals surface area (Å²) in [4.78, 5) is 68.8. The van der Waals surface area contributed by atoms with Crippen LogP contribution < -0.4 is 16.2 Å². The molecule has 2 heterocycles. The predicted molar refractivity (Wildman–Crippen MR) is 143 cm³/mol. The van der Waals surface area contributed by atoms with Crippen LogP contribution in [0.5, 0.6) is 0 Å². The van der Waals surface area contributed by atoms with E-state index in [1.54, 1.807) is 27.7 Å². The van der Waals surface area contributed by atoms with Crippen LogP contribution in [0, 0.1) is 11.2 Å². The van der Waals surface area contributed by atoms with E-state index in [0.717, 1.165) is 13.2 Å². The van der Waals surface area contributed by atoms with Crippen LogP contribution in [0.25, 0.3) is 11.0 Å². The number of amides is 2. The van der Waals surface area contributed by atoms with Gasteiger partial charge in [-0.25, -0.2) is 14.2 Å². The topological polar surface area (TPSA) is 161 Å². The number of rotatable bonds is 9. The summed E-state index contributed by atoms with van der Waals surface area (Å²) in [5.74, 6) is -2.79. The molecule has 3 N–H and O–H groups in total. The van der Waals surface area contributed by atoms with Gasteiger partial charge in [0.05, 0.1) is 25.6 Å². The molecule has 0 aliphatic rings. The fourth-order valence-electron chi connectivity index (χ4n) is 3.83. The van der Waals surface area contributed by atoms with Gasteiger partial charge in [-0.2, -0.15) is 0 Å². The first-order chi connectivity index (χ1) is 18.8. The number of hydrogen-bond acceptors (Lipinski definition) is 8. The zero-order valence-electron chi connectivity index (χ0n) is 23.1. The van der Waals surface area contributed by atoms with E-state index in [4.69, 9.17) is 0 Å². The zero-order valence-corrected chi connectivity index (χ0v) is 23.1. The van der Waals surface area contributed by atoms with Crippen LogP contribution in [0.2, 0.25) is 0 Å². The number of anilines is 1. The number of carbonyl (C=O) groups excluding carboxylic acids is 4. The minimum atomic E-state index is -1.14. The Morgan fingerprint density at radius 3 is 2.42 bits per heavy atom. The number of nitrogens with one attached hydrogen (secondary N) is 3. The van der Waals surface area contributed by atoms with Crippen molar-refractivity contribution in [1.29, 1.82) is 0 Å². The van der Waals surface area contributed by atoms with Crippen molar-refractivity contribution in [2.24, 2.45) is 5.41 Å². The molecule has 2 aromatic heterocycles. The molecule has 3 aromatic rings. The minimum Gasteiger partial charge on any atom is -0.469 e. The second-order valence-corrected chi connectivity index (χ2v) is 10.2. The Bertz CT molecular complexity index is 1510. The van der Waals surface area contributed by atoms with E-state index < -0.39 is 46.7 Å². The van der Waals surface area contributed by atoms with Gasteiger partial charge in [0.25, 0.3) is 11.5 Å². The summed E-state index contributed by atoms with van der Waals surface area (Å²) in [7, 11) is 2.34. The Labute approximate surface area is 229 Å². The minimum absolute atomic E-state index is 0.0676. The number of nitrogens with zero attached hydrogens (tertiary/aromatic N) is 2. The predicted octanol–water partition coefficient (Wildman–Crippen LogP) is 2.68. The number of methoxy groups -OCH3 is 2. The van der Waals surface area contributed by atoms with Crippen molar-refractivity contribution in [3.05, 3.63) is 57.9 Å². The number of ether oxygens (including phenoxy) is 2. The fourth-order valence-corrected chi connectivity index (χ4v) is 3.83. The molecule has 2 amide bonds. The Hall–Kier alpha value is -4.55. The average Bonchev–Trinajstić information content (AvgIpc) is 3.32. The van der Waals surface area contributed by atoms with Gasteiger partial charge in [0.1, 0.15) is 29.7 Å². The van der Waals surface area contributed by atoms with Crippen LogP contribution in [0.1, 0.15) is 62.5 Å². The molecule has 0 saturated carbocycles. The van der Waals surface area contributed by atoms with Crippen LogP contribution in [0.15, 0.2) is 35.4 Å². The van der Waals surface area contributed by atoms with Gasteiger partial charge in [0, 0.05) is 23.0 Å². The van der Waals surface area contributed by atoms with Crippen LogP contribution in [0.3, 0.4) is 0 Å². The maximum absolute atomic E-state index is 15.2. The Morgan fingerprint density at radius 1 is 1.12 bits per heavy atom. The maximum atomic E-state index is 15.2.